The Hall–Kier alpha value is -4.31. The number of carbonyl (C=O) groups is 1. The van der Waals surface area contributed by atoms with Crippen molar-refractivity contribution in [3.05, 3.63) is 90.3 Å². The van der Waals surface area contributed by atoms with Gasteiger partial charge in [0.05, 0.1) is 42.6 Å². The molecule has 0 aliphatic heterocycles. The number of carbonyl (C=O) groups excluding carboxylic acids is 1. The number of halogens is 2. The Morgan fingerprint density at radius 2 is 1.89 bits per heavy atom. The second-order valence-electron chi connectivity index (χ2n) is 8.06. The summed E-state index contributed by atoms with van der Waals surface area (Å²) in [6, 6.07) is 12.3. The molecule has 5 aromatic rings. The molecule has 0 atom stereocenters. The van der Waals surface area contributed by atoms with Crippen LogP contribution in [0.2, 0.25) is 0 Å². The fourth-order valence-corrected chi connectivity index (χ4v) is 3.93. The van der Waals surface area contributed by atoms with E-state index in [1.165, 1.54) is 24.4 Å². The molecule has 0 fully saturated rings. The molecule has 182 valence electrons. The Bertz CT molecular complexity index is 1530. The van der Waals surface area contributed by atoms with Crippen LogP contribution in [-0.4, -0.2) is 48.1 Å². The highest BCUT2D eigenvalue weighted by Gasteiger charge is 2.18. The molecule has 0 aliphatic rings. The number of hydrogen-bond donors (Lipinski definition) is 0. The summed E-state index contributed by atoms with van der Waals surface area (Å²) in [6.07, 6.45) is 4.64. The van der Waals surface area contributed by atoms with E-state index >= 15 is 0 Å². The van der Waals surface area contributed by atoms with Gasteiger partial charge in [-0.25, -0.2) is 23.9 Å². The van der Waals surface area contributed by atoms with Crippen LogP contribution >= 0.6 is 0 Å². The third kappa shape index (κ3) is 4.89. The molecule has 0 unspecified atom stereocenters. The number of rotatable bonds is 9. The molecule has 1 aromatic carbocycles. The van der Waals surface area contributed by atoms with Crippen LogP contribution in [0.4, 0.5) is 8.78 Å². The lowest BCUT2D eigenvalue weighted by molar-refractivity contribution is 0.0991. The van der Waals surface area contributed by atoms with Gasteiger partial charge >= 0.3 is 0 Å². The summed E-state index contributed by atoms with van der Waals surface area (Å²) in [5.41, 5.74) is 4.09. The molecule has 5 rings (SSSR count). The number of fused-ring (bicyclic) bond motifs is 1. The summed E-state index contributed by atoms with van der Waals surface area (Å²) in [6.45, 7) is 3.59. The smallest absolute Gasteiger partial charge is 0.213 e. The van der Waals surface area contributed by atoms with Gasteiger partial charge in [0.2, 0.25) is 5.95 Å². The highest BCUT2D eigenvalue weighted by Crippen LogP contribution is 2.30. The van der Waals surface area contributed by atoms with Crippen LogP contribution in [-0.2, 0) is 17.7 Å². The van der Waals surface area contributed by atoms with Gasteiger partial charge in [0, 0.05) is 36.5 Å². The van der Waals surface area contributed by atoms with Crippen molar-refractivity contribution in [3.63, 3.8) is 0 Å². The van der Waals surface area contributed by atoms with Crippen LogP contribution in [0.15, 0.2) is 67.3 Å². The zero-order valence-corrected chi connectivity index (χ0v) is 19.4. The normalized spacial score (nSPS) is 11.3. The molecule has 10 heteroatoms. The fraction of sp³-hybridized carbons (Fsp3) is 0.192. The van der Waals surface area contributed by atoms with Gasteiger partial charge in [0.1, 0.15) is 11.5 Å². The second-order valence-corrected chi connectivity index (χ2v) is 8.06. The summed E-state index contributed by atoms with van der Waals surface area (Å²) < 4.78 is 36.0. The Morgan fingerprint density at radius 1 is 1.06 bits per heavy atom. The first-order valence-electron chi connectivity index (χ1n) is 11.4. The number of pyridine rings is 1. The van der Waals surface area contributed by atoms with Gasteiger partial charge in [0.15, 0.2) is 11.4 Å². The molecule has 0 N–H and O–H groups in total. The van der Waals surface area contributed by atoms with Gasteiger partial charge < -0.3 is 9.30 Å². The Kier molecular flexibility index (Phi) is 6.59. The van der Waals surface area contributed by atoms with Crippen LogP contribution < -0.4 is 0 Å². The maximum atomic E-state index is 13.5. The minimum absolute atomic E-state index is 0.00470. The maximum absolute atomic E-state index is 13.5. The predicted molar refractivity (Wildman–Crippen MR) is 128 cm³/mol. The average Bonchev–Trinajstić information content (AvgIpc) is 3.48. The molecule has 0 saturated heterocycles. The van der Waals surface area contributed by atoms with Crippen molar-refractivity contribution < 1.29 is 18.3 Å². The van der Waals surface area contributed by atoms with Gasteiger partial charge in [-0.3, -0.25) is 4.79 Å². The largest absolute Gasteiger partial charge is 0.380 e. The zero-order chi connectivity index (χ0) is 25.1. The van der Waals surface area contributed by atoms with E-state index in [1.54, 1.807) is 35.2 Å². The van der Waals surface area contributed by atoms with Crippen LogP contribution in [0.3, 0.4) is 0 Å². The Labute approximate surface area is 205 Å². The molecule has 8 nitrogen and oxygen atoms in total. The molecular formula is C26H22F2N6O2. The maximum Gasteiger partial charge on any atom is 0.213 e. The molecule has 36 heavy (non-hydrogen) atoms. The van der Waals surface area contributed by atoms with E-state index in [-0.39, 0.29) is 23.6 Å². The molecule has 0 saturated carbocycles. The minimum atomic E-state index is -0.708. The summed E-state index contributed by atoms with van der Waals surface area (Å²) >= 11 is 0. The van der Waals surface area contributed by atoms with Crippen LogP contribution in [0.1, 0.15) is 23.0 Å². The molecule has 0 bridgehead atoms. The van der Waals surface area contributed by atoms with Crippen LogP contribution in [0.25, 0.3) is 28.3 Å². The lowest BCUT2D eigenvalue weighted by Crippen LogP contribution is -2.07. The first-order chi connectivity index (χ1) is 17.5. The predicted octanol–water partition coefficient (Wildman–Crippen LogP) is 4.39. The number of ketones is 1. The first kappa shape index (κ1) is 23.4. The van der Waals surface area contributed by atoms with Crippen LogP contribution in [0.5, 0.6) is 0 Å². The molecule has 4 heterocycles. The summed E-state index contributed by atoms with van der Waals surface area (Å²) in [7, 11) is 0. The van der Waals surface area contributed by atoms with E-state index in [9.17, 15) is 13.6 Å². The quantitative estimate of drug-likeness (QED) is 0.174. The summed E-state index contributed by atoms with van der Waals surface area (Å²) in [5, 5.41) is 4.72. The molecule has 0 radical (unpaired) electrons. The SMILES string of the molecule is CCOCCn1cnc(-c2ccc(F)cc2)c1-c1ccc2nc(CC(=O)c3ccnc(F)c3)cn2n1. The molecule has 0 amide bonds. The highest BCUT2D eigenvalue weighted by atomic mass is 19.1. The first-order valence-corrected chi connectivity index (χ1v) is 11.4. The van der Waals surface area contributed by atoms with E-state index in [0.717, 1.165) is 17.3 Å². The Balaban J connectivity index is 1.49. The number of imidazole rings is 2. The van der Waals surface area contributed by atoms with Crippen molar-refractivity contribution in [1.29, 1.82) is 0 Å². The standard InChI is InChI=1S/C26H22F2N6O2/c1-2-36-12-11-33-16-30-25(17-3-5-19(27)6-4-17)26(33)21-7-8-24-31-20(15-34(24)32-21)14-22(35)18-9-10-29-23(28)13-18/h3-10,13,15-16H,2,11-12,14H2,1H3. The number of benzene rings is 1. The van der Waals surface area contributed by atoms with Crippen molar-refractivity contribution in [1.82, 2.24) is 29.1 Å². The van der Waals surface area contributed by atoms with Gasteiger partial charge in [-0.2, -0.15) is 9.49 Å². The summed E-state index contributed by atoms with van der Waals surface area (Å²) in [4.78, 5) is 25.1. The minimum Gasteiger partial charge on any atom is -0.380 e. The van der Waals surface area contributed by atoms with Gasteiger partial charge in [-0.15, -0.1) is 0 Å². The third-order valence-corrected chi connectivity index (χ3v) is 5.64. The van der Waals surface area contributed by atoms with Crippen molar-refractivity contribution >= 4 is 11.4 Å². The van der Waals surface area contributed by atoms with Gasteiger partial charge in [-0.05, 0) is 49.4 Å². The highest BCUT2D eigenvalue weighted by molar-refractivity contribution is 5.97. The lowest BCUT2D eigenvalue weighted by atomic mass is 10.1. The molecule has 4 aromatic heterocycles. The van der Waals surface area contributed by atoms with Crippen molar-refractivity contribution in [3.8, 4) is 22.6 Å². The number of ether oxygens (including phenoxy) is 1. The third-order valence-electron chi connectivity index (χ3n) is 5.64. The van der Waals surface area contributed by atoms with E-state index in [1.807, 2.05) is 17.6 Å². The number of nitrogens with zero attached hydrogens (tertiary/aromatic N) is 6. The molecule has 0 aliphatic carbocycles. The van der Waals surface area contributed by atoms with Crippen LogP contribution in [0, 0.1) is 11.8 Å². The topological polar surface area (TPSA) is 87.2 Å². The number of hydrogen-bond acceptors (Lipinski definition) is 6. The van der Waals surface area contributed by atoms with Gasteiger partial charge in [0.25, 0.3) is 0 Å². The monoisotopic (exact) mass is 488 g/mol. The zero-order valence-electron chi connectivity index (χ0n) is 19.4. The van der Waals surface area contributed by atoms with E-state index in [2.05, 4.69) is 15.0 Å². The van der Waals surface area contributed by atoms with Crippen molar-refractivity contribution in [2.75, 3.05) is 13.2 Å². The van der Waals surface area contributed by atoms with Crippen molar-refractivity contribution in [2.45, 2.75) is 19.9 Å². The number of Topliss-reactive ketones (excluding diaryl/α,β-unsaturated/α-hetero) is 1. The van der Waals surface area contributed by atoms with E-state index in [4.69, 9.17) is 9.84 Å². The average molecular weight is 488 g/mol. The molecular weight excluding hydrogens is 466 g/mol. The number of aromatic nitrogens is 6. The fourth-order valence-electron chi connectivity index (χ4n) is 3.93. The van der Waals surface area contributed by atoms with E-state index < -0.39 is 5.95 Å². The summed E-state index contributed by atoms with van der Waals surface area (Å²) in [5.74, 6) is -1.31. The Morgan fingerprint density at radius 3 is 2.67 bits per heavy atom. The van der Waals surface area contributed by atoms with Gasteiger partial charge in [-0.1, -0.05) is 0 Å². The van der Waals surface area contributed by atoms with Crippen molar-refractivity contribution in [2.24, 2.45) is 0 Å². The second kappa shape index (κ2) is 10.1. The van der Waals surface area contributed by atoms with E-state index in [0.29, 0.717) is 42.5 Å². The molecule has 0 spiro atoms. The lowest BCUT2D eigenvalue weighted by Gasteiger charge is -2.10.